The molecule has 0 heterocycles. The SMILES string of the molecule is CC[Si](C)(C)O/C=C/Oc1ccccc1. The highest BCUT2D eigenvalue weighted by Crippen LogP contribution is 2.11. The van der Waals surface area contributed by atoms with Gasteiger partial charge < -0.3 is 9.16 Å². The summed E-state index contributed by atoms with van der Waals surface area (Å²) in [6.07, 6.45) is 3.25. The largest absolute Gasteiger partial charge is 0.547 e. The zero-order valence-electron chi connectivity index (χ0n) is 9.57. The molecule has 0 aliphatic carbocycles. The lowest BCUT2D eigenvalue weighted by atomic mass is 10.3. The van der Waals surface area contributed by atoms with Gasteiger partial charge in [0, 0.05) is 0 Å². The van der Waals surface area contributed by atoms with E-state index >= 15 is 0 Å². The fraction of sp³-hybridized carbons (Fsp3) is 0.333. The minimum atomic E-state index is -1.48. The minimum Gasteiger partial charge on any atom is -0.547 e. The lowest BCUT2D eigenvalue weighted by molar-refractivity contribution is 0.417. The fourth-order valence-electron chi connectivity index (χ4n) is 0.901. The second-order valence-electron chi connectivity index (χ2n) is 3.93. The van der Waals surface area contributed by atoms with Gasteiger partial charge in [0.05, 0.1) is 0 Å². The third-order valence-corrected chi connectivity index (χ3v) is 4.72. The van der Waals surface area contributed by atoms with Crippen LogP contribution in [-0.2, 0) is 4.43 Å². The third-order valence-electron chi connectivity index (χ3n) is 2.24. The van der Waals surface area contributed by atoms with E-state index in [0.717, 1.165) is 11.8 Å². The van der Waals surface area contributed by atoms with Gasteiger partial charge in [0.1, 0.15) is 18.3 Å². The van der Waals surface area contributed by atoms with Gasteiger partial charge in [-0.15, -0.1) is 0 Å². The van der Waals surface area contributed by atoms with Crippen LogP contribution >= 0.6 is 0 Å². The monoisotopic (exact) mass is 222 g/mol. The Morgan fingerprint density at radius 2 is 1.80 bits per heavy atom. The van der Waals surface area contributed by atoms with Crippen molar-refractivity contribution in [3.8, 4) is 5.75 Å². The first-order chi connectivity index (χ1) is 7.14. The van der Waals surface area contributed by atoms with Crippen LogP contribution in [0.15, 0.2) is 42.9 Å². The van der Waals surface area contributed by atoms with Gasteiger partial charge in [-0.25, -0.2) is 0 Å². The molecule has 0 fully saturated rings. The predicted octanol–water partition coefficient (Wildman–Crippen LogP) is 3.78. The summed E-state index contributed by atoms with van der Waals surface area (Å²) in [5.41, 5.74) is 0. The van der Waals surface area contributed by atoms with Crippen LogP contribution in [0.2, 0.25) is 19.1 Å². The summed E-state index contributed by atoms with van der Waals surface area (Å²) < 4.78 is 11.0. The molecular weight excluding hydrogens is 204 g/mol. The highest BCUT2D eigenvalue weighted by Gasteiger charge is 2.18. The Labute approximate surface area is 92.7 Å². The van der Waals surface area contributed by atoms with Crippen molar-refractivity contribution in [2.24, 2.45) is 0 Å². The van der Waals surface area contributed by atoms with E-state index in [4.69, 9.17) is 9.16 Å². The van der Waals surface area contributed by atoms with Crippen molar-refractivity contribution >= 4 is 8.32 Å². The van der Waals surface area contributed by atoms with Crippen LogP contribution < -0.4 is 4.74 Å². The van der Waals surface area contributed by atoms with Crippen molar-refractivity contribution in [2.45, 2.75) is 26.1 Å². The van der Waals surface area contributed by atoms with Gasteiger partial charge in [0.25, 0.3) is 0 Å². The summed E-state index contributed by atoms with van der Waals surface area (Å²) >= 11 is 0. The molecule has 1 aromatic rings. The Balaban J connectivity index is 2.35. The Bertz CT molecular complexity index is 307. The molecule has 0 aliphatic rings. The Kier molecular flexibility index (Phi) is 4.43. The highest BCUT2D eigenvalue weighted by molar-refractivity contribution is 6.71. The van der Waals surface area contributed by atoms with Crippen molar-refractivity contribution < 1.29 is 9.16 Å². The van der Waals surface area contributed by atoms with Crippen molar-refractivity contribution in [1.82, 2.24) is 0 Å². The van der Waals surface area contributed by atoms with Crippen molar-refractivity contribution in [3.63, 3.8) is 0 Å². The highest BCUT2D eigenvalue weighted by atomic mass is 28.4. The summed E-state index contributed by atoms with van der Waals surface area (Å²) in [5, 5.41) is 0. The van der Waals surface area contributed by atoms with Gasteiger partial charge in [0.15, 0.2) is 0 Å². The van der Waals surface area contributed by atoms with Crippen LogP contribution in [0.25, 0.3) is 0 Å². The zero-order valence-corrected chi connectivity index (χ0v) is 10.6. The van der Waals surface area contributed by atoms with Gasteiger partial charge in [-0.05, 0) is 31.3 Å². The number of hydrogen-bond acceptors (Lipinski definition) is 2. The maximum Gasteiger partial charge on any atom is 0.244 e. The van der Waals surface area contributed by atoms with E-state index in [1.165, 1.54) is 0 Å². The predicted molar refractivity (Wildman–Crippen MR) is 65.3 cm³/mol. The molecule has 2 nitrogen and oxygen atoms in total. The van der Waals surface area contributed by atoms with Gasteiger partial charge in [-0.1, -0.05) is 25.1 Å². The summed E-state index contributed by atoms with van der Waals surface area (Å²) in [7, 11) is -1.48. The van der Waals surface area contributed by atoms with Crippen LogP contribution in [-0.4, -0.2) is 8.32 Å². The van der Waals surface area contributed by atoms with Gasteiger partial charge in [-0.3, -0.25) is 0 Å². The van der Waals surface area contributed by atoms with Crippen LogP contribution in [0.4, 0.5) is 0 Å². The smallest absolute Gasteiger partial charge is 0.244 e. The van der Waals surface area contributed by atoms with E-state index in [9.17, 15) is 0 Å². The van der Waals surface area contributed by atoms with Crippen LogP contribution in [0.5, 0.6) is 5.75 Å². The maximum atomic E-state index is 5.63. The molecule has 0 radical (unpaired) electrons. The van der Waals surface area contributed by atoms with Crippen molar-refractivity contribution in [2.75, 3.05) is 0 Å². The topological polar surface area (TPSA) is 18.5 Å². The second-order valence-corrected chi connectivity index (χ2v) is 8.40. The molecule has 0 amide bonds. The standard InChI is InChI=1S/C12H18O2Si/c1-4-15(2,3)14-11-10-13-12-8-6-5-7-9-12/h5-11H,4H2,1-3H3/b11-10+. The lowest BCUT2D eigenvalue weighted by Crippen LogP contribution is -2.26. The molecule has 0 N–H and O–H groups in total. The van der Waals surface area contributed by atoms with E-state index in [-0.39, 0.29) is 0 Å². The average Bonchev–Trinajstić information content (AvgIpc) is 2.26. The fourth-order valence-corrected chi connectivity index (χ4v) is 1.49. The number of benzene rings is 1. The molecule has 82 valence electrons. The number of rotatable bonds is 5. The van der Waals surface area contributed by atoms with Crippen LogP contribution in [0.1, 0.15) is 6.92 Å². The van der Waals surface area contributed by atoms with Crippen molar-refractivity contribution in [1.29, 1.82) is 0 Å². The first-order valence-electron chi connectivity index (χ1n) is 5.18. The molecule has 0 saturated carbocycles. The summed E-state index contributed by atoms with van der Waals surface area (Å²) in [6, 6.07) is 10.8. The normalized spacial score (nSPS) is 11.7. The second kappa shape index (κ2) is 5.61. The Hall–Kier alpha value is -1.22. The molecule has 1 aromatic carbocycles. The minimum absolute atomic E-state index is 0.827. The van der Waals surface area contributed by atoms with E-state index < -0.39 is 8.32 Å². The van der Waals surface area contributed by atoms with E-state index in [2.05, 4.69) is 20.0 Å². The van der Waals surface area contributed by atoms with Gasteiger partial charge >= 0.3 is 0 Å². The number of ether oxygens (including phenoxy) is 1. The number of hydrogen-bond donors (Lipinski definition) is 0. The van der Waals surface area contributed by atoms with Gasteiger partial charge in [-0.2, -0.15) is 0 Å². The summed E-state index contributed by atoms with van der Waals surface area (Å²) in [4.78, 5) is 0. The first-order valence-corrected chi connectivity index (χ1v) is 8.30. The summed E-state index contributed by atoms with van der Waals surface area (Å²) in [6.45, 7) is 6.51. The molecule has 0 spiro atoms. The Morgan fingerprint density at radius 3 is 2.40 bits per heavy atom. The molecule has 3 heteroatoms. The lowest BCUT2D eigenvalue weighted by Gasteiger charge is -2.18. The molecule has 1 rings (SSSR count). The van der Waals surface area contributed by atoms with E-state index in [1.807, 2.05) is 30.3 Å². The molecule has 0 unspecified atom stereocenters. The average molecular weight is 222 g/mol. The van der Waals surface area contributed by atoms with Crippen LogP contribution in [0, 0.1) is 0 Å². The van der Waals surface area contributed by atoms with Gasteiger partial charge in [0.2, 0.25) is 8.32 Å². The molecular formula is C12H18O2Si. The summed E-state index contributed by atoms with van der Waals surface area (Å²) in [5.74, 6) is 0.827. The molecule has 0 aromatic heterocycles. The number of para-hydroxylation sites is 1. The van der Waals surface area contributed by atoms with E-state index in [0.29, 0.717) is 0 Å². The molecule has 15 heavy (non-hydrogen) atoms. The Morgan fingerprint density at radius 1 is 1.13 bits per heavy atom. The van der Waals surface area contributed by atoms with E-state index in [1.54, 1.807) is 12.5 Å². The van der Waals surface area contributed by atoms with Crippen LogP contribution in [0.3, 0.4) is 0 Å². The maximum absolute atomic E-state index is 5.63. The molecule has 0 bridgehead atoms. The molecule has 0 saturated heterocycles. The quantitative estimate of drug-likeness (QED) is 0.557. The molecule has 0 atom stereocenters. The third kappa shape index (κ3) is 4.70. The first kappa shape index (κ1) is 11.8. The van der Waals surface area contributed by atoms with Crippen molar-refractivity contribution in [3.05, 3.63) is 42.9 Å². The zero-order chi connectivity index (χ0) is 11.1. The molecule has 0 aliphatic heterocycles.